The van der Waals surface area contributed by atoms with E-state index in [-0.39, 0.29) is 43.7 Å². The van der Waals surface area contributed by atoms with Crippen molar-refractivity contribution < 1.29 is 50.0 Å². The molecule has 0 radical (unpaired) electrons. The fourth-order valence-electron chi connectivity index (χ4n) is 21.7. The highest BCUT2D eigenvalue weighted by molar-refractivity contribution is 6.02. The van der Waals surface area contributed by atoms with Crippen LogP contribution >= 0.6 is 0 Å². The third kappa shape index (κ3) is 27.7. The first kappa shape index (κ1) is 99.9. The minimum atomic E-state index is 0.140. The van der Waals surface area contributed by atoms with Crippen molar-refractivity contribution in [3.05, 3.63) is 388 Å². The van der Waals surface area contributed by atoms with E-state index in [9.17, 15) is 35.7 Å². The monoisotopic (exact) mass is 1860 g/mol. The Balaban J connectivity index is 0.000000134. The van der Waals surface area contributed by atoms with Crippen LogP contribution in [0, 0.1) is 29.6 Å². The van der Waals surface area contributed by atoms with Gasteiger partial charge in [0.1, 0.15) is 54.3 Å². The molecule has 15 nitrogen and oxygen atoms in total. The van der Waals surface area contributed by atoms with E-state index in [0.717, 1.165) is 174 Å². The lowest BCUT2D eigenvalue weighted by Crippen LogP contribution is -2.31. The third-order valence-electron chi connectivity index (χ3n) is 29.3. The van der Waals surface area contributed by atoms with E-state index >= 15 is 0 Å². The molecule has 0 bridgehead atoms. The maximum Gasteiger partial charge on any atom is 0.119 e. The lowest BCUT2D eigenvalue weighted by atomic mass is 9.86. The molecule has 12 aromatic carbocycles. The summed E-state index contributed by atoms with van der Waals surface area (Å²) < 4.78 is 18.4. The Labute approximate surface area is 825 Å². The highest BCUT2D eigenvalue weighted by Crippen LogP contribution is 2.48. The van der Waals surface area contributed by atoms with Gasteiger partial charge in [-0.3, -0.25) is 14.7 Å². The van der Waals surface area contributed by atoms with Crippen LogP contribution in [0.2, 0.25) is 0 Å². The van der Waals surface area contributed by atoms with E-state index in [1.807, 2.05) is 91.0 Å². The Morgan fingerprint density at radius 1 is 0.309 bits per heavy atom. The number of aromatic hydroxyl groups is 3. The molecule has 2 spiro atoms. The predicted octanol–water partition coefficient (Wildman–Crippen LogP) is 24.1. The first-order chi connectivity index (χ1) is 68.3. The number of nitrogens with zero attached hydrogens (tertiary/aromatic N) is 4. The van der Waals surface area contributed by atoms with Gasteiger partial charge in [-0.2, -0.15) is 0 Å². The summed E-state index contributed by atoms with van der Waals surface area (Å²) in [7, 11) is 0. The molecule has 0 amide bonds. The molecule has 12 aromatic rings. The van der Waals surface area contributed by atoms with Crippen molar-refractivity contribution in [1.82, 2.24) is 20.0 Å². The van der Waals surface area contributed by atoms with Gasteiger partial charge >= 0.3 is 0 Å². The standard InChI is InChI=1S/C33H39NO3.C32H38N2O3.C30H33NO3.C29H33NO/c35-23-6-9-31(26-7-2-1-3-8-26)32(27-10-14-29(36)15-11-27)28-12-16-30(17-13-28)37-24-22-34-21-20-33(25-34)18-4-5-19-33;35-21-4-7-30(25-5-2-1-3-6-25)31(26-8-12-28(36)13-9-26)27-10-14-29(15-11-27)37-22-20-34-19-17-32(24-34)16-18-33-23-32;32-17-4-7-29(22-5-2-1-3-6-22)30(23-8-12-27(33)13-9-23)24-10-14-28(15-11-24)34-18-16-31-20-25-19-26(25)21-31;1-23-12-14-25(15-13-23)29(28(11-8-22-31)24-9-4-2-5-10-24)26-16-18-27(19-17-26)30-20-6-3-7-21-30/h1-3,7-8,10-17,35-36H,4-6,9,18-25H2;1-3,5-6,8-15,33,35-36H,4,7,16-24H2;1-3,5-6,8-15,25-26,32-33H,4,7,16-21H2;2,4-5,9-10,12-19,31H,3,6-8,11,20-22H2,1H3/b32-31-;31-30-;30-29-;29-28-. The number of rotatable bonds is 37. The molecule has 2 aliphatic carbocycles. The van der Waals surface area contributed by atoms with E-state index in [1.54, 1.807) is 36.4 Å². The third-order valence-corrected chi connectivity index (χ3v) is 29.3. The van der Waals surface area contributed by atoms with Crippen molar-refractivity contribution in [3.8, 4) is 34.5 Å². The number of aliphatic hydroxyl groups is 4. The molecule has 3 unspecified atom stereocenters. The SMILES string of the molecule is Cc1ccc(/C(=C(\CCCO)c2ccccc2)c2ccc(N3CCCCC3)cc2)cc1.OCCC/C(=C(\c1ccc(O)cc1)c1ccc(OCCN2CC3CC3C2)cc1)c1ccccc1.OCCC/C(=C(\c1ccc(O)cc1)c1ccc(OCCN2CCC3(CCCC3)C2)cc1)c1ccccc1.OCCC/C(=C(\c1ccc(O)cc1)c1ccc(OCCN2CCC3(CCNC3)C2)cc1)c1ccccc1. The molecular weight excluding hydrogens is 1720 g/mol. The Bertz CT molecular complexity index is 5680. The minimum absolute atomic E-state index is 0.140. The number of allylic oxidation sites excluding steroid dienone is 4. The van der Waals surface area contributed by atoms with Gasteiger partial charge in [0.25, 0.3) is 0 Å². The van der Waals surface area contributed by atoms with E-state index in [1.165, 1.54) is 166 Å². The summed E-state index contributed by atoms with van der Waals surface area (Å²) in [6.45, 7) is 19.7. The first-order valence-corrected chi connectivity index (χ1v) is 51.2. The van der Waals surface area contributed by atoms with Crippen LogP contribution in [0.25, 0.3) is 44.6 Å². The lowest BCUT2D eigenvalue weighted by molar-refractivity contribution is 0.213. The van der Waals surface area contributed by atoms with Gasteiger partial charge in [0.15, 0.2) is 0 Å². The quantitative estimate of drug-likeness (QED) is 0.0171. The number of likely N-dealkylation sites (tertiary alicyclic amines) is 3. The van der Waals surface area contributed by atoms with Crippen LogP contribution in [0.5, 0.6) is 34.5 Å². The number of ether oxygens (including phenoxy) is 3. The van der Waals surface area contributed by atoms with Crippen molar-refractivity contribution >= 4 is 50.3 Å². The smallest absolute Gasteiger partial charge is 0.119 e. The summed E-state index contributed by atoms with van der Waals surface area (Å²) in [6.07, 6.45) is 20.8. The number of hydrogen-bond donors (Lipinski definition) is 8. The number of aryl methyl sites for hydroxylation is 1. The Morgan fingerprint density at radius 3 is 0.935 bits per heavy atom. The summed E-state index contributed by atoms with van der Waals surface area (Å²) in [5.74, 6) is 5.30. The number of phenolic OH excluding ortho intramolecular Hbond substituents is 3. The number of anilines is 1. The van der Waals surface area contributed by atoms with Gasteiger partial charge in [0.2, 0.25) is 0 Å². The number of nitrogens with one attached hydrogen (secondary N) is 1. The lowest BCUT2D eigenvalue weighted by Gasteiger charge is -2.29. The zero-order valence-corrected chi connectivity index (χ0v) is 81.4. The molecule has 15 heteroatoms. The van der Waals surface area contributed by atoms with Gasteiger partial charge in [0, 0.05) is 97.6 Å². The molecule has 5 aliphatic heterocycles. The topological polar surface area (TPSA) is 194 Å². The van der Waals surface area contributed by atoms with Crippen molar-refractivity contribution in [3.63, 3.8) is 0 Å². The van der Waals surface area contributed by atoms with E-state index in [4.69, 9.17) is 14.2 Å². The van der Waals surface area contributed by atoms with Crippen LogP contribution in [-0.2, 0) is 0 Å². The number of fused-ring (bicyclic) bond motifs is 1. The first-order valence-electron chi connectivity index (χ1n) is 51.2. The molecule has 7 fully saturated rings. The van der Waals surface area contributed by atoms with Crippen LogP contribution in [0.1, 0.15) is 194 Å². The number of phenols is 3. The molecule has 2 saturated carbocycles. The molecular formula is C124H143N5O10. The second-order valence-corrected chi connectivity index (χ2v) is 39.1. The zero-order chi connectivity index (χ0) is 95.8. The molecule has 5 saturated heterocycles. The fraction of sp³-hybridized carbons (Fsp3) is 0.355. The molecule has 8 N–H and O–H groups in total. The van der Waals surface area contributed by atoms with E-state index in [2.05, 4.69) is 220 Å². The Morgan fingerprint density at radius 2 is 0.612 bits per heavy atom. The predicted molar refractivity (Wildman–Crippen MR) is 569 cm³/mol. The van der Waals surface area contributed by atoms with Crippen LogP contribution in [0.4, 0.5) is 5.69 Å². The molecule has 5 heterocycles. The van der Waals surface area contributed by atoms with Gasteiger partial charge < -0.3 is 60.2 Å². The maximum atomic E-state index is 9.89. The molecule has 0 aromatic heterocycles. The highest BCUT2D eigenvalue weighted by atomic mass is 16.5. The van der Waals surface area contributed by atoms with Crippen molar-refractivity contribution in [2.24, 2.45) is 22.7 Å². The molecule has 3 atom stereocenters. The average molecular weight is 1860 g/mol. The fourth-order valence-corrected chi connectivity index (χ4v) is 21.7. The molecule has 139 heavy (non-hydrogen) atoms. The molecule has 724 valence electrons. The van der Waals surface area contributed by atoms with Gasteiger partial charge in [-0.1, -0.05) is 249 Å². The van der Waals surface area contributed by atoms with Gasteiger partial charge in [-0.15, -0.1) is 0 Å². The van der Waals surface area contributed by atoms with Gasteiger partial charge in [0.05, 0.1) is 0 Å². The van der Waals surface area contributed by atoms with Crippen LogP contribution in [0.15, 0.2) is 315 Å². The summed E-state index contributed by atoms with van der Waals surface area (Å²) in [5.41, 5.74) is 26.6. The van der Waals surface area contributed by atoms with Gasteiger partial charge in [-0.05, 0) is 355 Å². The van der Waals surface area contributed by atoms with Gasteiger partial charge in [-0.25, -0.2) is 0 Å². The largest absolute Gasteiger partial charge is 0.508 e. The van der Waals surface area contributed by atoms with E-state index < -0.39 is 0 Å². The normalized spacial score (nSPS) is 18.4. The number of hydrogen-bond acceptors (Lipinski definition) is 15. The summed E-state index contributed by atoms with van der Waals surface area (Å²) in [4.78, 5) is 10.2. The zero-order valence-electron chi connectivity index (χ0n) is 81.4. The number of piperidine rings is 2. The number of aliphatic hydroxyl groups excluding tert-OH is 4. The molecule has 7 aliphatic rings. The Hall–Kier alpha value is -12.1. The second kappa shape index (κ2) is 50.6. The second-order valence-electron chi connectivity index (χ2n) is 39.1. The van der Waals surface area contributed by atoms with Crippen LogP contribution < -0.4 is 24.4 Å². The van der Waals surface area contributed by atoms with Crippen LogP contribution in [0.3, 0.4) is 0 Å². The highest BCUT2D eigenvalue weighted by Gasteiger charge is 2.45. The average Bonchev–Trinajstić information content (AvgIpc) is 1.71. The summed E-state index contributed by atoms with van der Waals surface area (Å²) >= 11 is 0. The van der Waals surface area contributed by atoms with E-state index in [0.29, 0.717) is 49.9 Å². The van der Waals surface area contributed by atoms with Crippen LogP contribution in [-0.4, -0.2) is 182 Å². The Kier molecular flexibility index (Phi) is 36.4. The summed E-state index contributed by atoms with van der Waals surface area (Å²) in [5, 5.41) is 71.5. The minimum Gasteiger partial charge on any atom is -0.508 e. The van der Waals surface area contributed by atoms with Crippen molar-refractivity contribution in [2.75, 3.05) is 136 Å². The molecule has 19 rings (SSSR count). The maximum absolute atomic E-state index is 9.89. The summed E-state index contributed by atoms with van der Waals surface area (Å²) in [6, 6.07) is 107. The number of benzene rings is 12. The van der Waals surface area contributed by atoms with Crippen molar-refractivity contribution in [1.29, 1.82) is 0 Å². The van der Waals surface area contributed by atoms with Crippen molar-refractivity contribution in [2.45, 2.75) is 129 Å².